The molecular weight excluding hydrogens is 440 g/mol. The van der Waals surface area contributed by atoms with Gasteiger partial charge in [-0.3, -0.25) is 14.9 Å². The van der Waals surface area contributed by atoms with Crippen LogP contribution >= 0.6 is 11.3 Å². The number of carbonyl (C=O) groups is 2. The van der Waals surface area contributed by atoms with E-state index in [-0.39, 0.29) is 24.4 Å². The second-order valence-electron chi connectivity index (χ2n) is 7.80. The zero-order valence-corrected chi connectivity index (χ0v) is 19.3. The van der Waals surface area contributed by atoms with Crippen LogP contribution in [0.3, 0.4) is 0 Å². The van der Waals surface area contributed by atoms with E-state index in [2.05, 4.69) is 15.6 Å². The maximum atomic E-state index is 12.8. The van der Waals surface area contributed by atoms with E-state index < -0.39 is 0 Å². The van der Waals surface area contributed by atoms with Crippen LogP contribution in [0.1, 0.15) is 43.3 Å². The number of aromatic nitrogens is 1. The predicted molar refractivity (Wildman–Crippen MR) is 127 cm³/mol. The van der Waals surface area contributed by atoms with Crippen LogP contribution in [0.4, 0.5) is 5.13 Å². The highest BCUT2D eigenvalue weighted by atomic mass is 32.1. The van der Waals surface area contributed by atoms with Gasteiger partial charge in [-0.25, -0.2) is 4.98 Å². The number of amides is 2. The van der Waals surface area contributed by atoms with Crippen molar-refractivity contribution in [2.75, 3.05) is 19.5 Å². The normalized spacial score (nSPS) is 14.8. The molecule has 4 rings (SSSR count). The van der Waals surface area contributed by atoms with Gasteiger partial charge in [-0.15, -0.1) is 11.3 Å². The number of carbonyl (C=O) groups excluding carboxylic acids is 2. The number of anilines is 1. The molecule has 0 aliphatic heterocycles. The fourth-order valence-corrected chi connectivity index (χ4v) is 4.80. The number of thiazole rings is 1. The van der Waals surface area contributed by atoms with Gasteiger partial charge in [-0.1, -0.05) is 12.1 Å². The largest absolute Gasteiger partial charge is 0.493 e. The minimum atomic E-state index is -0.252. The molecule has 0 saturated heterocycles. The third-order valence-corrected chi connectivity index (χ3v) is 6.52. The van der Waals surface area contributed by atoms with Gasteiger partial charge in [0.05, 0.1) is 19.9 Å². The summed E-state index contributed by atoms with van der Waals surface area (Å²) in [5, 5.41) is 6.34. The number of nitrogens with two attached hydrogens (primary N) is 1. The summed E-state index contributed by atoms with van der Waals surface area (Å²) in [4.78, 5) is 31.0. The third kappa shape index (κ3) is 5.32. The van der Waals surface area contributed by atoms with Gasteiger partial charge in [0, 0.05) is 28.6 Å². The van der Waals surface area contributed by atoms with Crippen molar-refractivity contribution in [1.82, 2.24) is 10.3 Å². The molecule has 0 spiro atoms. The zero-order chi connectivity index (χ0) is 23.4. The van der Waals surface area contributed by atoms with E-state index in [1.165, 1.54) is 18.4 Å². The van der Waals surface area contributed by atoms with Gasteiger partial charge in [-0.2, -0.15) is 0 Å². The molecule has 1 aliphatic carbocycles. The van der Waals surface area contributed by atoms with Crippen LogP contribution in [0.2, 0.25) is 0 Å². The quantitative estimate of drug-likeness (QED) is 0.493. The first-order chi connectivity index (χ1) is 16.0. The summed E-state index contributed by atoms with van der Waals surface area (Å²) in [7, 11) is 3.06. The molecule has 1 aliphatic rings. The van der Waals surface area contributed by atoms with Crippen LogP contribution in [-0.4, -0.2) is 37.1 Å². The molecule has 33 heavy (non-hydrogen) atoms. The smallest absolute Gasteiger partial charge is 0.257 e. The Balaban J connectivity index is 1.39. The van der Waals surface area contributed by atoms with Crippen molar-refractivity contribution in [2.24, 2.45) is 5.73 Å². The van der Waals surface area contributed by atoms with Crippen LogP contribution in [0.5, 0.6) is 11.5 Å². The summed E-state index contributed by atoms with van der Waals surface area (Å²) in [5.74, 6) is 0.544. The fraction of sp³-hybridized carbons (Fsp3) is 0.292. The number of rotatable bonds is 7. The Hall–Kier alpha value is -3.43. The summed E-state index contributed by atoms with van der Waals surface area (Å²) in [6.45, 7) is 0.276. The van der Waals surface area contributed by atoms with E-state index in [0.29, 0.717) is 27.8 Å². The molecule has 0 fully saturated rings. The maximum absolute atomic E-state index is 12.8. The first-order valence-electron chi connectivity index (χ1n) is 10.6. The SMILES string of the molecule is COc1ccc(C(=O)NCc2cccc(C(=O)Nc3nc4c(s3)C[C@H](N)CC4)c2)cc1OC. The molecule has 3 aromatic rings. The first kappa shape index (κ1) is 22.8. The lowest BCUT2D eigenvalue weighted by atomic mass is 9.99. The Kier molecular flexibility index (Phi) is 6.90. The lowest BCUT2D eigenvalue weighted by molar-refractivity contribution is 0.0950. The van der Waals surface area contributed by atoms with E-state index in [1.54, 1.807) is 43.5 Å². The molecule has 2 aromatic carbocycles. The fourth-order valence-electron chi connectivity index (χ4n) is 3.71. The van der Waals surface area contributed by atoms with Crippen molar-refractivity contribution in [2.45, 2.75) is 31.8 Å². The predicted octanol–water partition coefficient (Wildman–Crippen LogP) is 3.16. The number of hydrogen-bond donors (Lipinski definition) is 3. The number of aryl methyl sites for hydroxylation is 1. The van der Waals surface area contributed by atoms with Crippen LogP contribution < -0.4 is 25.8 Å². The number of nitrogens with one attached hydrogen (secondary N) is 2. The monoisotopic (exact) mass is 466 g/mol. The number of methoxy groups -OCH3 is 2. The van der Waals surface area contributed by atoms with Crippen LogP contribution in [0, 0.1) is 0 Å². The van der Waals surface area contributed by atoms with Crippen molar-refractivity contribution in [3.8, 4) is 11.5 Å². The summed E-state index contributed by atoms with van der Waals surface area (Å²) in [5.41, 5.74) is 8.82. The molecule has 8 nitrogen and oxygen atoms in total. The number of ether oxygens (including phenoxy) is 2. The number of benzene rings is 2. The summed E-state index contributed by atoms with van der Waals surface area (Å²) < 4.78 is 10.5. The Morgan fingerprint density at radius 3 is 2.67 bits per heavy atom. The second-order valence-corrected chi connectivity index (χ2v) is 8.88. The summed E-state index contributed by atoms with van der Waals surface area (Å²) in [6.07, 6.45) is 2.57. The topological polar surface area (TPSA) is 116 Å². The first-order valence-corrected chi connectivity index (χ1v) is 11.4. The van der Waals surface area contributed by atoms with Crippen molar-refractivity contribution >= 4 is 28.3 Å². The standard InChI is InChI=1S/C24H26N4O4S/c1-31-19-9-6-16(11-20(19)32-2)22(29)26-13-14-4-3-5-15(10-14)23(30)28-24-27-18-8-7-17(25)12-21(18)33-24/h3-6,9-11,17H,7-8,12-13,25H2,1-2H3,(H,26,29)(H,27,28,30)/t17-/m1/s1. The van der Waals surface area contributed by atoms with Crippen LogP contribution in [-0.2, 0) is 19.4 Å². The second kappa shape index (κ2) is 10.0. The highest BCUT2D eigenvalue weighted by molar-refractivity contribution is 7.15. The molecule has 0 unspecified atom stereocenters. The maximum Gasteiger partial charge on any atom is 0.257 e. The Morgan fingerprint density at radius 1 is 1.09 bits per heavy atom. The van der Waals surface area contributed by atoms with E-state index >= 15 is 0 Å². The highest BCUT2D eigenvalue weighted by Gasteiger charge is 2.21. The van der Waals surface area contributed by atoms with Gasteiger partial charge in [0.15, 0.2) is 16.6 Å². The Bertz CT molecular complexity index is 1180. The van der Waals surface area contributed by atoms with Gasteiger partial charge in [0.25, 0.3) is 11.8 Å². The van der Waals surface area contributed by atoms with Gasteiger partial charge in [-0.05, 0) is 55.2 Å². The summed E-state index contributed by atoms with van der Waals surface area (Å²) >= 11 is 1.48. The minimum Gasteiger partial charge on any atom is -0.493 e. The lowest BCUT2D eigenvalue weighted by Crippen LogP contribution is -2.27. The molecule has 0 bridgehead atoms. The lowest BCUT2D eigenvalue weighted by Gasteiger charge is -2.15. The van der Waals surface area contributed by atoms with Crippen molar-refractivity contribution in [3.05, 3.63) is 69.7 Å². The molecule has 1 aromatic heterocycles. The van der Waals surface area contributed by atoms with E-state index in [0.717, 1.165) is 35.4 Å². The van der Waals surface area contributed by atoms with E-state index in [9.17, 15) is 9.59 Å². The van der Waals surface area contributed by atoms with Crippen molar-refractivity contribution in [3.63, 3.8) is 0 Å². The number of fused-ring (bicyclic) bond motifs is 1. The summed E-state index contributed by atoms with van der Waals surface area (Å²) in [6, 6.07) is 12.3. The minimum absolute atomic E-state index is 0.160. The molecule has 9 heteroatoms. The van der Waals surface area contributed by atoms with E-state index in [1.807, 2.05) is 6.07 Å². The average Bonchev–Trinajstić information content (AvgIpc) is 3.23. The van der Waals surface area contributed by atoms with Crippen molar-refractivity contribution in [1.29, 1.82) is 0 Å². The third-order valence-electron chi connectivity index (χ3n) is 5.49. The zero-order valence-electron chi connectivity index (χ0n) is 18.5. The highest BCUT2D eigenvalue weighted by Crippen LogP contribution is 2.30. The number of nitrogens with zero attached hydrogens (tertiary/aromatic N) is 1. The van der Waals surface area contributed by atoms with Crippen LogP contribution in [0.15, 0.2) is 42.5 Å². The van der Waals surface area contributed by atoms with Crippen LogP contribution in [0.25, 0.3) is 0 Å². The van der Waals surface area contributed by atoms with Gasteiger partial charge in [0.2, 0.25) is 0 Å². The van der Waals surface area contributed by atoms with Crippen molar-refractivity contribution < 1.29 is 19.1 Å². The average molecular weight is 467 g/mol. The number of hydrogen-bond acceptors (Lipinski definition) is 7. The molecule has 0 radical (unpaired) electrons. The molecule has 1 atom stereocenters. The molecular formula is C24H26N4O4S. The van der Waals surface area contributed by atoms with Gasteiger partial charge in [0.1, 0.15) is 0 Å². The molecule has 1 heterocycles. The van der Waals surface area contributed by atoms with Gasteiger partial charge >= 0.3 is 0 Å². The Morgan fingerprint density at radius 2 is 1.88 bits per heavy atom. The Labute approximate surface area is 196 Å². The molecule has 172 valence electrons. The van der Waals surface area contributed by atoms with Gasteiger partial charge < -0.3 is 20.5 Å². The molecule has 4 N–H and O–H groups in total. The van der Waals surface area contributed by atoms with E-state index in [4.69, 9.17) is 15.2 Å². The molecule has 2 amide bonds. The molecule has 0 saturated carbocycles.